The second-order valence-electron chi connectivity index (χ2n) is 13.3. The van der Waals surface area contributed by atoms with E-state index in [0.717, 1.165) is 57.4 Å². The molecule has 3 heterocycles. The van der Waals surface area contributed by atoms with Gasteiger partial charge in [0.05, 0.1) is 27.6 Å². The van der Waals surface area contributed by atoms with E-state index < -0.39 is 0 Å². The molecule has 234 valence electrons. The molecule has 10 aromatic rings. The summed E-state index contributed by atoms with van der Waals surface area (Å²) in [6.45, 7) is 0. The normalized spacial score (nSPS) is 13.0. The van der Waals surface area contributed by atoms with Gasteiger partial charge < -0.3 is 0 Å². The van der Waals surface area contributed by atoms with Gasteiger partial charge in [-0.2, -0.15) is 0 Å². The van der Waals surface area contributed by atoms with Crippen molar-refractivity contribution in [3.63, 3.8) is 0 Å². The Kier molecular flexibility index (Phi) is 5.75. The number of nitrogens with zero attached hydrogens (tertiary/aromatic N) is 4. The summed E-state index contributed by atoms with van der Waals surface area (Å²) in [5.74, 6) is 0.834. The van der Waals surface area contributed by atoms with Crippen molar-refractivity contribution in [2.75, 3.05) is 0 Å². The fourth-order valence-corrected chi connectivity index (χ4v) is 8.25. The van der Waals surface area contributed by atoms with Gasteiger partial charge in [-0.05, 0) is 99.5 Å². The van der Waals surface area contributed by atoms with Crippen molar-refractivity contribution in [2.45, 2.75) is 12.8 Å². The van der Waals surface area contributed by atoms with Gasteiger partial charge in [-0.3, -0.25) is 8.97 Å². The minimum absolute atomic E-state index is 0.834. The lowest BCUT2D eigenvalue weighted by atomic mass is 9.85. The van der Waals surface area contributed by atoms with Crippen LogP contribution in [-0.4, -0.2) is 18.9 Å². The number of aromatic nitrogens is 4. The molecule has 7 aromatic carbocycles. The first-order valence-corrected chi connectivity index (χ1v) is 17.3. The predicted molar refractivity (Wildman–Crippen MR) is 208 cm³/mol. The molecule has 0 amide bonds. The summed E-state index contributed by atoms with van der Waals surface area (Å²) in [7, 11) is 0. The highest BCUT2D eigenvalue weighted by Crippen LogP contribution is 2.39. The average molecular weight is 639 g/mol. The van der Waals surface area contributed by atoms with E-state index in [4.69, 9.17) is 9.97 Å². The first-order chi connectivity index (χ1) is 24.8. The fourth-order valence-electron chi connectivity index (χ4n) is 8.25. The molecule has 0 spiro atoms. The van der Waals surface area contributed by atoms with Crippen LogP contribution in [0.2, 0.25) is 0 Å². The Morgan fingerprint density at radius 1 is 0.500 bits per heavy atom. The highest BCUT2D eigenvalue weighted by atomic mass is 15.2. The third-order valence-corrected chi connectivity index (χ3v) is 10.6. The van der Waals surface area contributed by atoms with Crippen LogP contribution in [0.3, 0.4) is 0 Å². The van der Waals surface area contributed by atoms with Crippen molar-refractivity contribution in [2.24, 2.45) is 0 Å². The highest BCUT2D eigenvalue weighted by molar-refractivity contribution is 6.10. The number of hydrogen-bond donors (Lipinski definition) is 0. The third-order valence-electron chi connectivity index (χ3n) is 10.6. The Labute approximate surface area is 288 Å². The number of benzene rings is 7. The van der Waals surface area contributed by atoms with Crippen LogP contribution in [0.4, 0.5) is 0 Å². The Bertz CT molecular complexity index is 3030. The molecule has 0 saturated carbocycles. The second-order valence-corrected chi connectivity index (χ2v) is 13.3. The molecule has 0 aliphatic heterocycles. The van der Waals surface area contributed by atoms with Gasteiger partial charge in [0.1, 0.15) is 5.65 Å². The van der Waals surface area contributed by atoms with Gasteiger partial charge in [0.25, 0.3) is 0 Å². The van der Waals surface area contributed by atoms with E-state index in [1.807, 2.05) is 6.07 Å². The predicted octanol–water partition coefficient (Wildman–Crippen LogP) is 11.6. The summed E-state index contributed by atoms with van der Waals surface area (Å²) in [5.41, 5.74) is 13.8. The van der Waals surface area contributed by atoms with Crippen LogP contribution in [0.1, 0.15) is 17.5 Å². The van der Waals surface area contributed by atoms with Gasteiger partial charge in [-0.25, -0.2) is 9.97 Å². The van der Waals surface area contributed by atoms with Crippen LogP contribution in [-0.2, 0) is 6.42 Å². The van der Waals surface area contributed by atoms with E-state index in [1.54, 1.807) is 0 Å². The van der Waals surface area contributed by atoms with Gasteiger partial charge >= 0.3 is 0 Å². The maximum absolute atomic E-state index is 5.35. The molecular formula is C46H30N4. The number of imidazole rings is 1. The molecule has 1 aliphatic carbocycles. The zero-order valence-corrected chi connectivity index (χ0v) is 27.2. The fraction of sp³-hybridized carbons (Fsp3) is 0.0435. The summed E-state index contributed by atoms with van der Waals surface area (Å²) >= 11 is 0. The number of allylic oxidation sites excluding steroid dienone is 1. The van der Waals surface area contributed by atoms with Crippen LogP contribution in [0.5, 0.6) is 0 Å². The van der Waals surface area contributed by atoms with E-state index in [0.29, 0.717) is 0 Å². The van der Waals surface area contributed by atoms with Crippen LogP contribution in [0, 0.1) is 0 Å². The lowest BCUT2D eigenvalue weighted by Gasteiger charge is -2.19. The summed E-state index contributed by atoms with van der Waals surface area (Å²) in [6, 6.07) is 52.5. The molecule has 0 radical (unpaired) electrons. The largest absolute Gasteiger partial charge is 0.279 e. The van der Waals surface area contributed by atoms with E-state index in [1.165, 1.54) is 54.9 Å². The Balaban J connectivity index is 1.12. The molecule has 0 bridgehead atoms. The van der Waals surface area contributed by atoms with Crippen molar-refractivity contribution in [1.82, 2.24) is 18.9 Å². The molecule has 4 heteroatoms. The van der Waals surface area contributed by atoms with E-state index >= 15 is 0 Å². The number of para-hydroxylation sites is 4. The lowest BCUT2D eigenvalue weighted by Crippen LogP contribution is -2.06. The number of hydrogen-bond acceptors (Lipinski definition) is 2. The zero-order chi connectivity index (χ0) is 32.8. The van der Waals surface area contributed by atoms with E-state index in [9.17, 15) is 0 Å². The van der Waals surface area contributed by atoms with Crippen LogP contribution in [0.15, 0.2) is 152 Å². The maximum atomic E-state index is 5.35. The monoisotopic (exact) mass is 638 g/mol. The molecular weight excluding hydrogens is 609 g/mol. The van der Waals surface area contributed by atoms with Crippen LogP contribution in [0.25, 0.3) is 94.4 Å². The van der Waals surface area contributed by atoms with E-state index in [2.05, 4.69) is 161 Å². The Hall–Kier alpha value is -6.52. The SMILES string of the molecule is C1=Cc2c(c(-c3ccc(-c4ccc5c6ccccc6n(-c6nc7ccccc7c7nc8ccccc8n67)c5c4)cc3)cc3ccccc23)CC1. The maximum Gasteiger partial charge on any atom is 0.221 e. The summed E-state index contributed by atoms with van der Waals surface area (Å²) in [5, 5.41) is 6.07. The number of fused-ring (bicyclic) bond motifs is 11. The van der Waals surface area contributed by atoms with Crippen molar-refractivity contribution >= 4 is 66.2 Å². The second kappa shape index (κ2) is 10.5. The van der Waals surface area contributed by atoms with Crippen molar-refractivity contribution < 1.29 is 0 Å². The molecule has 0 fully saturated rings. The minimum atomic E-state index is 0.834. The van der Waals surface area contributed by atoms with Crippen molar-refractivity contribution in [3.05, 3.63) is 163 Å². The average Bonchev–Trinajstić information content (AvgIpc) is 3.74. The molecule has 50 heavy (non-hydrogen) atoms. The smallest absolute Gasteiger partial charge is 0.221 e. The topological polar surface area (TPSA) is 35.1 Å². The first-order valence-electron chi connectivity index (χ1n) is 17.3. The molecule has 0 saturated heterocycles. The van der Waals surface area contributed by atoms with Crippen LogP contribution >= 0.6 is 0 Å². The standard InChI is InChI=1S/C46H30N4/c1-2-12-33-32(11-1)27-39(35-14-4-3-13-34(33)35)30-23-21-29(22-24-30)31-25-26-37-36-15-6-9-19-42(36)49(44(37)28-31)46-48-40-17-7-5-16-38(40)45-47-41-18-8-10-20-43(41)50(45)46/h1-3,5-13,15-28H,4,14H2. The Morgan fingerprint density at radius 3 is 2.06 bits per heavy atom. The van der Waals surface area contributed by atoms with Gasteiger partial charge in [0.2, 0.25) is 5.95 Å². The van der Waals surface area contributed by atoms with Gasteiger partial charge in [0.15, 0.2) is 0 Å². The summed E-state index contributed by atoms with van der Waals surface area (Å²) in [4.78, 5) is 10.5. The third kappa shape index (κ3) is 3.93. The van der Waals surface area contributed by atoms with Gasteiger partial charge in [-0.15, -0.1) is 0 Å². The van der Waals surface area contributed by atoms with E-state index in [-0.39, 0.29) is 0 Å². The number of rotatable bonds is 3. The Morgan fingerprint density at radius 2 is 1.18 bits per heavy atom. The first kappa shape index (κ1) is 27.4. The molecule has 1 aliphatic rings. The van der Waals surface area contributed by atoms with Gasteiger partial charge in [0, 0.05) is 16.2 Å². The van der Waals surface area contributed by atoms with Crippen molar-refractivity contribution in [3.8, 4) is 28.2 Å². The molecule has 11 rings (SSSR count). The van der Waals surface area contributed by atoms with Gasteiger partial charge in [-0.1, -0.05) is 115 Å². The minimum Gasteiger partial charge on any atom is -0.279 e. The molecule has 4 nitrogen and oxygen atoms in total. The quantitative estimate of drug-likeness (QED) is 0.193. The summed E-state index contributed by atoms with van der Waals surface area (Å²) in [6.07, 6.45) is 6.78. The highest BCUT2D eigenvalue weighted by Gasteiger charge is 2.21. The van der Waals surface area contributed by atoms with Crippen LogP contribution < -0.4 is 0 Å². The van der Waals surface area contributed by atoms with Crippen molar-refractivity contribution in [1.29, 1.82) is 0 Å². The molecule has 0 unspecified atom stereocenters. The zero-order valence-electron chi connectivity index (χ0n) is 27.2. The summed E-state index contributed by atoms with van der Waals surface area (Å²) < 4.78 is 4.55. The molecule has 3 aromatic heterocycles. The lowest BCUT2D eigenvalue weighted by molar-refractivity contribution is 0.979. The molecule has 0 atom stereocenters. The molecule has 0 N–H and O–H groups in total.